The van der Waals surface area contributed by atoms with Gasteiger partial charge in [-0.3, -0.25) is 9.59 Å². The van der Waals surface area contributed by atoms with Gasteiger partial charge in [0.2, 0.25) is 0 Å². The second-order valence-corrected chi connectivity index (χ2v) is 5.59. The number of rotatable bonds is 9. The molecule has 1 atom stereocenters. The highest BCUT2D eigenvalue weighted by Gasteiger charge is 2.17. The number of primary amides is 1. The Labute approximate surface area is 141 Å². The van der Waals surface area contributed by atoms with Crippen molar-refractivity contribution in [3.05, 3.63) is 29.8 Å². The van der Waals surface area contributed by atoms with Crippen LogP contribution in [0.25, 0.3) is 0 Å². The monoisotopic (exact) mass is 335 g/mol. The summed E-state index contributed by atoms with van der Waals surface area (Å²) in [5.74, 6) is -0.776. The van der Waals surface area contributed by atoms with Crippen LogP contribution in [0.5, 0.6) is 0 Å². The zero-order chi connectivity index (χ0) is 17.9. The van der Waals surface area contributed by atoms with Gasteiger partial charge in [-0.15, -0.1) is 0 Å². The van der Waals surface area contributed by atoms with Crippen molar-refractivity contribution in [1.82, 2.24) is 5.32 Å². The van der Waals surface area contributed by atoms with E-state index in [-0.39, 0.29) is 12.3 Å². The number of carbonyl (C=O) groups excluding carboxylic acids is 3. The van der Waals surface area contributed by atoms with Crippen molar-refractivity contribution in [2.45, 2.75) is 45.6 Å². The van der Waals surface area contributed by atoms with Crippen molar-refractivity contribution in [1.29, 1.82) is 0 Å². The van der Waals surface area contributed by atoms with E-state index in [9.17, 15) is 14.4 Å². The number of nitrogens with two attached hydrogens (primary N) is 1. The summed E-state index contributed by atoms with van der Waals surface area (Å²) in [5, 5.41) is 5.18. The lowest BCUT2D eigenvalue weighted by atomic mass is 10.2. The van der Waals surface area contributed by atoms with E-state index in [0.29, 0.717) is 18.7 Å². The molecule has 7 nitrogen and oxygen atoms in total. The van der Waals surface area contributed by atoms with E-state index in [1.807, 2.05) is 19.1 Å². The molecule has 0 saturated heterocycles. The number of hydrogen-bond donors (Lipinski definition) is 3. The minimum Gasteiger partial charge on any atom is -0.453 e. The molecule has 0 radical (unpaired) electrons. The summed E-state index contributed by atoms with van der Waals surface area (Å²) < 4.78 is 5.11. The third-order valence-electron chi connectivity index (χ3n) is 3.35. The zero-order valence-electron chi connectivity index (χ0n) is 14.1. The van der Waals surface area contributed by atoms with Gasteiger partial charge >= 0.3 is 12.0 Å². The van der Waals surface area contributed by atoms with Crippen LogP contribution in [0.1, 0.15) is 38.2 Å². The number of urea groups is 1. The van der Waals surface area contributed by atoms with Gasteiger partial charge in [-0.2, -0.15) is 0 Å². The number of aryl methyl sites for hydroxylation is 1. The molecule has 1 rings (SSSR count). The van der Waals surface area contributed by atoms with Gasteiger partial charge in [-0.1, -0.05) is 24.1 Å². The Balaban J connectivity index is 2.21. The Bertz CT molecular complexity index is 557. The molecule has 0 bridgehead atoms. The Hall–Kier alpha value is -2.57. The van der Waals surface area contributed by atoms with Crippen LogP contribution in [0.2, 0.25) is 0 Å². The highest BCUT2D eigenvalue weighted by molar-refractivity contribution is 5.95. The first kappa shape index (κ1) is 19.5. The molecule has 7 heteroatoms. The number of unbranched alkanes of at least 4 members (excludes halogenated alkanes) is 2. The molecule has 0 unspecified atom stereocenters. The van der Waals surface area contributed by atoms with E-state index in [0.717, 1.165) is 18.4 Å². The molecule has 0 aromatic heterocycles. The van der Waals surface area contributed by atoms with Crippen LogP contribution in [0.15, 0.2) is 24.3 Å². The van der Waals surface area contributed by atoms with Crippen LogP contribution in [0, 0.1) is 6.92 Å². The van der Waals surface area contributed by atoms with E-state index in [2.05, 4.69) is 10.6 Å². The third-order valence-corrected chi connectivity index (χ3v) is 3.35. The molecule has 0 spiro atoms. The first-order valence-electron chi connectivity index (χ1n) is 7.99. The topological polar surface area (TPSA) is 111 Å². The van der Waals surface area contributed by atoms with Crippen LogP contribution >= 0.6 is 0 Å². The molecule has 132 valence electrons. The fourth-order valence-electron chi connectivity index (χ4n) is 1.97. The van der Waals surface area contributed by atoms with Crippen LogP contribution in [0.3, 0.4) is 0 Å². The summed E-state index contributed by atoms with van der Waals surface area (Å²) in [6, 6.07) is 6.81. The van der Waals surface area contributed by atoms with Gasteiger partial charge in [0, 0.05) is 18.7 Å². The summed E-state index contributed by atoms with van der Waals surface area (Å²) in [6.07, 6.45) is 1.51. The maximum absolute atomic E-state index is 12.0. The summed E-state index contributed by atoms with van der Waals surface area (Å²) in [4.78, 5) is 34.1. The van der Waals surface area contributed by atoms with Gasteiger partial charge in [0.15, 0.2) is 6.10 Å². The Kier molecular flexibility index (Phi) is 8.32. The van der Waals surface area contributed by atoms with Crippen LogP contribution in [-0.2, 0) is 14.3 Å². The van der Waals surface area contributed by atoms with E-state index in [1.165, 1.54) is 6.92 Å². The molecule has 1 aromatic rings. The fourth-order valence-corrected chi connectivity index (χ4v) is 1.97. The summed E-state index contributed by atoms with van der Waals surface area (Å²) in [7, 11) is 0. The Morgan fingerprint density at radius 2 is 1.79 bits per heavy atom. The van der Waals surface area contributed by atoms with E-state index in [4.69, 9.17) is 10.5 Å². The summed E-state index contributed by atoms with van der Waals surface area (Å²) in [6.45, 7) is 3.98. The quantitative estimate of drug-likeness (QED) is 0.474. The van der Waals surface area contributed by atoms with Gasteiger partial charge < -0.3 is 21.1 Å². The van der Waals surface area contributed by atoms with Crippen LogP contribution in [-0.4, -0.2) is 30.6 Å². The molecule has 4 N–H and O–H groups in total. The van der Waals surface area contributed by atoms with Crippen LogP contribution < -0.4 is 16.4 Å². The van der Waals surface area contributed by atoms with Gasteiger partial charge in [-0.05, 0) is 38.8 Å². The van der Waals surface area contributed by atoms with E-state index in [1.54, 1.807) is 12.1 Å². The highest BCUT2D eigenvalue weighted by atomic mass is 16.5. The lowest BCUT2D eigenvalue weighted by molar-refractivity contribution is -0.153. The minimum atomic E-state index is -0.852. The second kappa shape index (κ2) is 10.3. The number of anilines is 1. The van der Waals surface area contributed by atoms with E-state index >= 15 is 0 Å². The molecule has 0 heterocycles. The number of esters is 1. The van der Waals surface area contributed by atoms with Gasteiger partial charge in [0.05, 0.1) is 0 Å². The van der Waals surface area contributed by atoms with Crippen LogP contribution in [0.4, 0.5) is 10.5 Å². The first-order chi connectivity index (χ1) is 11.4. The van der Waals surface area contributed by atoms with Crippen molar-refractivity contribution in [2.24, 2.45) is 5.73 Å². The number of amides is 3. The maximum Gasteiger partial charge on any atom is 0.312 e. The minimum absolute atomic E-state index is 0.235. The Morgan fingerprint density at radius 3 is 2.42 bits per heavy atom. The average Bonchev–Trinajstić information content (AvgIpc) is 2.52. The van der Waals surface area contributed by atoms with Crippen molar-refractivity contribution < 1.29 is 19.1 Å². The Morgan fingerprint density at radius 1 is 1.12 bits per heavy atom. The molecule has 0 aliphatic rings. The van der Waals surface area contributed by atoms with Gasteiger partial charge in [0.1, 0.15) is 0 Å². The predicted molar refractivity (Wildman–Crippen MR) is 91.4 cm³/mol. The molecule has 3 amide bonds. The van der Waals surface area contributed by atoms with Crippen molar-refractivity contribution >= 4 is 23.6 Å². The highest BCUT2D eigenvalue weighted by Crippen LogP contribution is 2.10. The zero-order valence-corrected chi connectivity index (χ0v) is 14.1. The van der Waals surface area contributed by atoms with Crippen molar-refractivity contribution in [2.75, 3.05) is 11.9 Å². The predicted octanol–water partition coefficient (Wildman–Crippen LogP) is 2.09. The SMILES string of the molecule is Cc1ccc(NC(=O)[C@@H](C)OC(=O)CCCCCNC(N)=O)cc1. The largest absolute Gasteiger partial charge is 0.453 e. The number of benzene rings is 1. The first-order valence-corrected chi connectivity index (χ1v) is 7.99. The molecule has 0 aliphatic carbocycles. The number of nitrogens with one attached hydrogen (secondary N) is 2. The molecular formula is C17H25N3O4. The standard InChI is InChI=1S/C17H25N3O4/c1-12-7-9-14(10-8-12)20-16(22)13(2)24-15(21)6-4-3-5-11-19-17(18)23/h7-10,13H,3-6,11H2,1-2H3,(H,20,22)(H3,18,19,23)/t13-/m1/s1. The number of ether oxygens (including phenoxy) is 1. The number of hydrogen-bond acceptors (Lipinski definition) is 4. The normalized spacial score (nSPS) is 11.4. The third kappa shape index (κ3) is 8.17. The fraction of sp³-hybridized carbons (Fsp3) is 0.471. The van der Waals surface area contributed by atoms with Crippen molar-refractivity contribution in [3.63, 3.8) is 0 Å². The summed E-state index contributed by atoms with van der Waals surface area (Å²) >= 11 is 0. The van der Waals surface area contributed by atoms with Gasteiger partial charge in [0.25, 0.3) is 5.91 Å². The molecule has 0 aliphatic heterocycles. The number of carbonyl (C=O) groups is 3. The maximum atomic E-state index is 12.0. The smallest absolute Gasteiger partial charge is 0.312 e. The lowest BCUT2D eigenvalue weighted by Gasteiger charge is -2.13. The molecule has 1 aromatic carbocycles. The van der Waals surface area contributed by atoms with Gasteiger partial charge in [-0.25, -0.2) is 4.79 Å². The lowest BCUT2D eigenvalue weighted by Crippen LogP contribution is -2.30. The average molecular weight is 335 g/mol. The molecule has 24 heavy (non-hydrogen) atoms. The van der Waals surface area contributed by atoms with E-state index < -0.39 is 18.1 Å². The molecule has 0 saturated carbocycles. The summed E-state index contributed by atoms with van der Waals surface area (Å²) in [5.41, 5.74) is 6.70. The molecule has 0 fully saturated rings. The molecular weight excluding hydrogens is 310 g/mol. The second-order valence-electron chi connectivity index (χ2n) is 5.59. The van der Waals surface area contributed by atoms with Crippen molar-refractivity contribution in [3.8, 4) is 0 Å².